The average Bonchev–Trinajstić information content (AvgIpc) is 3.67. The first-order valence-corrected chi connectivity index (χ1v) is 14.7. The van der Waals surface area contributed by atoms with E-state index < -0.39 is 0 Å². The molecule has 0 radical (unpaired) electrons. The van der Waals surface area contributed by atoms with Gasteiger partial charge in [-0.3, -0.25) is 9.98 Å². The van der Waals surface area contributed by atoms with E-state index in [9.17, 15) is 0 Å². The Morgan fingerprint density at radius 2 is 1.10 bits per heavy atom. The fraction of sp³-hybridized carbons (Fsp3) is 0.158. The third-order valence-corrected chi connectivity index (χ3v) is 8.27. The predicted molar refractivity (Wildman–Crippen MR) is 171 cm³/mol. The summed E-state index contributed by atoms with van der Waals surface area (Å²) in [6.45, 7) is 0.791. The van der Waals surface area contributed by atoms with Crippen LogP contribution in [0.15, 0.2) is 156 Å². The lowest BCUT2D eigenvalue weighted by Gasteiger charge is -2.29. The van der Waals surface area contributed by atoms with Crippen LogP contribution in [0.5, 0.6) is 0 Å². The molecule has 0 saturated heterocycles. The van der Waals surface area contributed by atoms with Crippen molar-refractivity contribution in [2.24, 2.45) is 9.98 Å². The van der Waals surface area contributed by atoms with E-state index in [-0.39, 0.29) is 24.2 Å². The number of nitrogens with zero attached hydrogens (tertiary/aromatic N) is 3. The largest absolute Gasteiger partial charge is 0.364 e. The summed E-state index contributed by atoms with van der Waals surface area (Å²) in [6, 6.07) is 52.0. The highest BCUT2D eigenvalue weighted by Gasteiger charge is 2.33. The molecule has 5 aromatic carbocycles. The van der Waals surface area contributed by atoms with Crippen molar-refractivity contribution in [1.82, 2.24) is 10.2 Å². The van der Waals surface area contributed by atoms with Crippen molar-refractivity contribution >= 4 is 12.2 Å². The molecule has 0 aromatic heterocycles. The Kier molecular flexibility index (Phi) is 7.34. The first-order valence-electron chi connectivity index (χ1n) is 14.7. The van der Waals surface area contributed by atoms with Crippen molar-refractivity contribution in [3.8, 4) is 0 Å². The summed E-state index contributed by atoms with van der Waals surface area (Å²) in [5.74, 6) is 1.03. The normalized spacial score (nSPS) is 21.2. The van der Waals surface area contributed by atoms with Crippen LogP contribution in [0.2, 0.25) is 0 Å². The molecule has 206 valence electrons. The number of benzene rings is 5. The van der Waals surface area contributed by atoms with Gasteiger partial charge in [-0.05, 0) is 33.4 Å². The monoisotopic (exact) mass is 546 g/mol. The molecule has 4 heteroatoms. The number of nitrogens with one attached hydrogen (secondary N) is 1. The molecule has 2 aliphatic rings. The highest BCUT2D eigenvalue weighted by atomic mass is 15.2. The standard InChI is InChI=1S/C38H34N4/c1-5-16-30(17-6-1)35-36(31-18-7-2-8-19-31)41-34(40-35)25-28-14-13-15-29(24-28)26-42-27-39-37(32-20-9-3-10-21-32)38(42)33-22-11-4-12-23-33/h1-24,27,35-38H,25-26H2,(H,40,41)/t35-,36-,37-,38-/m0/s1. The van der Waals surface area contributed by atoms with Crippen molar-refractivity contribution in [1.29, 1.82) is 0 Å². The summed E-state index contributed by atoms with van der Waals surface area (Å²) in [7, 11) is 0. The lowest BCUT2D eigenvalue weighted by Crippen LogP contribution is -2.26. The summed E-state index contributed by atoms with van der Waals surface area (Å²) in [6.07, 6.45) is 2.81. The van der Waals surface area contributed by atoms with Gasteiger partial charge in [-0.2, -0.15) is 0 Å². The Morgan fingerprint density at radius 3 is 1.74 bits per heavy atom. The van der Waals surface area contributed by atoms with Gasteiger partial charge in [0.05, 0.1) is 18.4 Å². The molecule has 1 N–H and O–H groups in total. The van der Waals surface area contributed by atoms with E-state index in [1.807, 2.05) is 6.34 Å². The zero-order valence-corrected chi connectivity index (χ0v) is 23.5. The van der Waals surface area contributed by atoms with Gasteiger partial charge < -0.3 is 10.2 Å². The van der Waals surface area contributed by atoms with E-state index >= 15 is 0 Å². The molecule has 4 nitrogen and oxygen atoms in total. The molecule has 0 aliphatic carbocycles. The summed E-state index contributed by atoms with van der Waals surface area (Å²) >= 11 is 0. The number of amidine groups is 1. The first-order chi connectivity index (χ1) is 20.8. The first kappa shape index (κ1) is 26.0. The minimum Gasteiger partial charge on any atom is -0.364 e. The molecule has 2 aliphatic heterocycles. The number of hydrogen-bond acceptors (Lipinski definition) is 4. The highest BCUT2D eigenvalue weighted by molar-refractivity contribution is 5.87. The van der Waals surface area contributed by atoms with Crippen LogP contribution in [-0.2, 0) is 13.0 Å². The van der Waals surface area contributed by atoms with E-state index in [4.69, 9.17) is 9.98 Å². The third kappa shape index (κ3) is 5.48. The van der Waals surface area contributed by atoms with Crippen LogP contribution in [0, 0.1) is 0 Å². The van der Waals surface area contributed by atoms with Gasteiger partial charge in [-0.1, -0.05) is 146 Å². The van der Waals surface area contributed by atoms with E-state index in [0.29, 0.717) is 0 Å². The molecule has 0 unspecified atom stereocenters. The van der Waals surface area contributed by atoms with E-state index in [1.165, 1.54) is 33.4 Å². The van der Waals surface area contributed by atoms with Gasteiger partial charge in [-0.25, -0.2) is 0 Å². The van der Waals surface area contributed by atoms with Crippen molar-refractivity contribution in [3.05, 3.63) is 179 Å². The number of hydrogen-bond donors (Lipinski definition) is 1. The smallest absolute Gasteiger partial charge is 0.102 e. The molecule has 2 heterocycles. The number of aliphatic imine (C=N–C) groups is 2. The Hall–Kier alpha value is -4.96. The second-order valence-corrected chi connectivity index (χ2v) is 11.1. The molecule has 4 atom stereocenters. The van der Waals surface area contributed by atoms with Gasteiger partial charge in [0.25, 0.3) is 0 Å². The summed E-state index contributed by atoms with van der Waals surface area (Å²) in [4.78, 5) is 12.6. The van der Waals surface area contributed by atoms with Crippen molar-refractivity contribution in [3.63, 3.8) is 0 Å². The quantitative estimate of drug-likeness (QED) is 0.214. The summed E-state index contributed by atoms with van der Waals surface area (Å²) in [5.41, 5.74) is 7.54. The van der Waals surface area contributed by atoms with E-state index in [0.717, 1.165) is 18.8 Å². The van der Waals surface area contributed by atoms with Crippen molar-refractivity contribution in [2.45, 2.75) is 37.1 Å². The zero-order valence-electron chi connectivity index (χ0n) is 23.5. The minimum absolute atomic E-state index is 0.0501. The zero-order chi connectivity index (χ0) is 28.1. The van der Waals surface area contributed by atoms with Gasteiger partial charge in [0, 0.05) is 13.0 Å². The molecule has 0 bridgehead atoms. The maximum atomic E-state index is 5.21. The lowest BCUT2D eigenvalue weighted by atomic mass is 9.93. The maximum absolute atomic E-state index is 5.21. The van der Waals surface area contributed by atoms with Crippen LogP contribution >= 0.6 is 0 Å². The molecule has 0 spiro atoms. The lowest BCUT2D eigenvalue weighted by molar-refractivity contribution is 0.310. The summed E-state index contributed by atoms with van der Waals surface area (Å²) in [5, 5.41) is 3.77. The summed E-state index contributed by atoms with van der Waals surface area (Å²) < 4.78 is 0. The van der Waals surface area contributed by atoms with Gasteiger partial charge in [0.1, 0.15) is 17.9 Å². The molecule has 0 fully saturated rings. The van der Waals surface area contributed by atoms with Crippen LogP contribution in [-0.4, -0.2) is 17.1 Å². The van der Waals surface area contributed by atoms with Crippen molar-refractivity contribution in [2.75, 3.05) is 0 Å². The van der Waals surface area contributed by atoms with E-state index in [1.54, 1.807) is 0 Å². The Balaban J connectivity index is 1.12. The van der Waals surface area contributed by atoms with Gasteiger partial charge in [-0.15, -0.1) is 0 Å². The van der Waals surface area contributed by atoms with Gasteiger partial charge in [0.15, 0.2) is 0 Å². The Bertz CT molecular complexity index is 1670. The minimum atomic E-state index is 0.0501. The molecule has 5 aromatic rings. The third-order valence-electron chi connectivity index (χ3n) is 8.27. The molecule has 7 rings (SSSR count). The fourth-order valence-electron chi connectivity index (χ4n) is 6.29. The SMILES string of the molecule is C1=N[C@@H](c2ccccc2)[C@H](c2ccccc2)N1Cc1cccc(CC2=N[C@@H](c3ccccc3)[C@H](c3ccccc3)N2)c1. The van der Waals surface area contributed by atoms with Crippen molar-refractivity contribution < 1.29 is 0 Å². The van der Waals surface area contributed by atoms with Gasteiger partial charge in [0.2, 0.25) is 0 Å². The molecular formula is C38H34N4. The number of rotatable bonds is 8. The van der Waals surface area contributed by atoms with Crippen LogP contribution in [0.1, 0.15) is 57.5 Å². The predicted octanol–water partition coefficient (Wildman–Crippen LogP) is 8.04. The maximum Gasteiger partial charge on any atom is 0.102 e. The van der Waals surface area contributed by atoms with E-state index in [2.05, 4.69) is 156 Å². The van der Waals surface area contributed by atoms with Gasteiger partial charge >= 0.3 is 0 Å². The Labute approximate surface area is 248 Å². The second kappa shape index (κ2) is 11.9. The Morgan fingerprint density at radius 1 is 0.548 bits per heavy atom. The van der Waals surface area contributed by atoms with Crippen LogP contribution in [0.4, 0.5) is 0 Å². The molecule has 0 saturated carbocycles. The van der Waals surface area contributed by atoms with Crippen LogP contribution in [0.3, 0.4) is 0 Å². The second-order valence-electron chi connectivity index (χ2n) is 11.1. The molecular weight excluding hydrogens is 512 g/mol. The van der Waals surface area contributed by atoms with Crippen LogP contribution in [0.25, 0.3) is 0 Å². The van der Waals surface area contributed by atoms with Crippen LogP contribution < -0.4 is 5.32 Å². The highest BCUT2D eigenvalue weighted by Crippen LogP contribution is 2.41. The fourth-order valence-corrected chi connectivity index (χ4v) is 6.29. The topological polar surface area (TPSA) is 40.0 Å². The molecule has 0 amide bonds. The average molecular weight is 547 g/mol. The molecule has 42 heavy (non-hydrogen) atoms.